The molecule has 168 valence electrons. The van der Waals surface area contributed by atoms with Gasteiger partial charge in [-0.3, -0.25) is 0 Å². The van der Waals surface area contributed by atoms with E-state index in [-0.39, 0.29) is 30.1 Å². The van der Waals surface area contributed by atoms with Gasteiger partial charge in [0.15, 0.2) is 5.60 Å². The molecule has 0 amide bonds. The number of benzene rings is 2. The maximum Gasteiger partial charge on any atom is 0.350 e. The van der Waals surface area contributed by atoms with E-state index in [1.807, 2.05) is 6.92 Å². The summed E-state index contributed by atoms with van der Waals surface area (Å²) in [6.07, 6.45) is 0.803. The fourth-order valence-corrected chi connectivity index (χ4v) is 3.31. The Hall–Kier alpha value is -3.13. The van der Waals surface area contributed by atoms with Crippen molar-refractivity contribution in [1.29, 1.82) is 0 Å². The molecule has 7 nitrogen and oxygen atoms in total. The third-order valence-corrected chi connectivity index (χ3v) is 5.38. The number of aliphatic hydroxyl groups is 1. The van der Waals surface area contributed by atoms with Crippen molar-refractivity contribution in [2.24, 2.45) is 0 Å². The minimum absolute atomic E-state index is 0.0384. The van der Waals surface area contributed by atoms with Gasteiger partial charge in [0.05, 0.1) is 7.11 Å². The van der Waals surface area contributed by atoms with Gasteiger partial charge in [0.2, 0.25) is 5.60 Å². The maximum absolute atomic E-state index is 13.2. The van der Waals surface area contributed by atoms with Crippen LogP contribution in [0.2, 0.25) is 0 Å². The maximum atomic E-state index is 13.2. The Morgan fingerprint density at radius 2 is 1.90 bits per heavy atom. The van der Waals surface area contributed by atoms with Gasteiger partial charge >= 0.3 is 11.9 Å². The van der Waals surface area contributed by atoms with Gasteiger partial charge in [-0.25, -0.2) is 14.0 Å². The predicted molar refractivity (Wildman–Crippen MR) is 110 cm³/mol. The highest BCUT2D eigenvalue weighted by atomic mass is 19.1. The SMILES string of the molecule is CC[C@@](O)(Cc1ccccc1F)C(=O)O.CC[C@@]1(C(=O)OC)Cc2cc(O)ccc2O1. The van der Waals surface area contributed by atoms with Crippen LogP contribution in [0.5, 0.6) is 11.5 Å². The molecule has 1 heterocycles. The van der Waals surface area contributed by atoms with Crippen LogP contribution in [0.15, 0.2) is 42.5 Å². The highest BCUT2D eigenvalue weighted by Gasteiger charge is 2.46. The number of phenols is 1. The number of aliphatic carboxylic acids is 1. The summed E-state index contributed by atoms with van der Waals surface area (Å²) in [5, 5.41) is 27.9. The summed E-state index contributed by atoms with van der Waals surface area (Å²) in [6.45, 7) is 3.43. The molecule has 2 aromatic rings. The zero-order valence-corrected chi connectivity index (χ0v) is 17.7. The van der Waals surface area contributed by atoms with E-state index in [4.69, 9.17) is 14.6 Å². The molecule has 0 aliphatic carbocycles. The lowest BCUT2D eigenvalue weighted by molar-refractivity contribution is -0.159. The predicted octanol–water partition coefficient (Wildman–Crippen LogP) is 3.24. The van der Waals surface area contributed by atoms with Crippen molar-refractivity contribution in [1.82, 2.24) is 0 Å². The number of esters is 1. The fourth-order valence-electron chi connectivity index (χ4n) is 3.31. The number of aromatic hydroxyl groups is 1. The normalized spacial score (nSPS) is 18.6. The van der Waals surface area contributed by atoms with Gasteiger partial charge in [0, 0.05) is 18.4 Å². The number of carbonyl (C=O) groups excluding carboxylic acids is 1. The van der Waals surface area contributed by atoms with Crippen LogP contribution in [0.1, 0.15) is 37.8 Å². The Bertz CT molecular complexity index is 945. The second-order valence-electron chi connectivity index (χ2n) is 7.37. The lowest BCUT2D eigenvalue weighted by Crippen LogP contribution is -2.43. The van der Waals surface area contributed by atoms with Crippen LogP contribution in [0.3, 0.4) is 0 Å². The number of fused-ring (bicyclic) bond motifs is 1. The summed E-state index contributed by atoms with van der Waals surface area (Å²) in [5.74, 6) is -1.37. The Kier molecular flexibility index (Phi) is 7.62. The molecule has 1 aliphatic rings. The lowest BCUT2D eigenvalue weighted by atomic mass is 9.92. The summed E-state index contributed by atoms with van der Waals surface area (Å²) in [7, 11) is 1.35. The van der Waals surface area contributed by atoms with E-state index in [9.17, 15) is 24.2 Å². The monoisotopic (exact) mass is 434 g/mol. The molecule has 3 rings (SSSR count). The molecule has 0 radical (unpaired) electrons. The van der Waals surface area contributed by atoms with Crippen molar-refractivity contribution < 1.29 is 38.8 Å². The van der Waals surface area contributed by atoms with E-state index < -0.39 is 23.0 Å². The summed E-state index contributed by atoms with van der Waals surface area (Å²) < 4.78 is 23.6. The van der Waals surface area contributed by atoms with Crippen LogP contribution in [0.25, 0.3) is 0 Å². The van der Waals surface area contributed by atoms with Crippen molar-refractivity contribution >= 4 is 11.9 Å². The third kappa shape index (κ3) is 5.32. The molecule has 0 spiro atoms. The highest BCUT2D eigenvalue weighted by molar-refractivity contribution is 5.82. The molecule has 0 unspecified atom stereocenters. The van der Waals surface area contributed by atoms with E-state index >= 15 is 0 Å². The number of phenolic OH excluding ortho intramolecular Hbond substituents is 1. The zero-order chi connectivity index (χ0) is 23.2. The number of hydrogen-bond donors (Lipinski definition) is 3. The van der Waals surface area contributed by atoms with E-state index in [1.54, 1.807) is 31.2 Å². The lowest BCUT2D eigenvalue weighted by Gasteiger charge is -2.23. The van der Waals surface area contributed by atoms with Crippen molar-refractivity contribution in [3.63, 3.8) is 0 Å². The van der Waals surface area contributed by atoms with Crippen molar-refractivity contribution in [3.05, 3.63) is 59.4 Å². The number of hydrogen-bond acceptors (Lipinski definition) is 6. The quantitative estimate of drug-likeness (QED) is 0.598. The first-order chi connectivity index (χ1) is 14.6. The van der Waals surface area contributed by atoms with Crippen LogP contribution >= 0.6 is 0 Å². The van der Waals surface area contributed by atoms with Gasteiger partial charge in [-0.1, -0.05) is 32.0 Å². The van der Waals surface area contributed by atoms with Crippen LogP contribution < -0.4 is 4.74 Å². The minimum atomic E-state index is -1.89. The van der Waals surface area contributed by atoms with Crippen molar-refractivity contribution in [3.8, 4) is 11.5 Å². The van der Waals surface area contributed by atoms with Gasteiger partial charge < -0.3 is 24.8 Å². The molecular formula is C23H27FO7. The van der Waals surface area contributed by atoms with Gasteiger partial charge in [-0.05, 0) is 42.7 Å². The zero-order valence-electron chi connectivity index (χ0n) is 17.7. The van der Waals surface area contributed by atoms with Crippen molar-refractivity contribution in [2.75, 3.05) is 7.11 Å². The summed E-state index contributed by atoms with van der Waals surface area (Å²) in [6, 6.07) is 10.7. The summed E-state index contributed by atoms with van der Waals surface area (Å²) >= 11 is 0. The average Bonchev–Trinajstić information content (AvgIpc) is 3.14. The van der Waals surface area contributed by atoms with Gasteiger partial charge in [0.1, 0.15) is 17.3 Å². The van der Waals surface area contributed by atoms with Gasteiger partial charge in [-0.2, -0.15) is 0 Å². The van der Waals surface area contributed by atoms with E-state index in [0.29, 0.717) is 18.6 Å². The molecule has 0 saturated heterocycles. The molecule has 3 N–H and O–H groups in total. The molecule has 0 aromatic heterocycles. The molecule has 0 fully saturated rings. The van der Waals surface area contributed by atoms with Gasteiger partial charge in [-0.15, -0.1) is 0 Å². The number of ether oxygens (including phenoxy) is 2. The smallest absolute Gasteiger partial charge is 0.350 e. The number of carboxylic acid groups (broad SMARTS) is 1. The Labute approximate surface area is 180 Å². The van der Waals surface area contributed by atoms with Crippen LogP contribution in [0.4, 0.5) is 4.39 Å². The second kappa shape index (κ2) is 9.78. The Morgan fingerprint density at radius 1 is 1.23 bits per heavy atom. The van der Waals surface area contributed by atoms with E-state index in [0.717, 1.165) is 5.56 Å². The number of halogens is 1. The topological polar surface area (TPSA) is 113 Å². The molecular weight excluding hydrogens is 407 g/mol. The molecule has 0 saturated carbocycles. The first-order valence-electron chi connectivity index (χ1n) is 9.89. The Balaban J connectivity index is 0.000000221. The number of carboxylic acids is 1. The van der Waals surface area contributed by atoms with Crippen molar-refractivity contribution in [2.45, 2.75) is 50.7 Å². The molecule has 0 bridgehead atoms. The molecule has 2 aromatic carbocycles. The van der Waals surface area contributed by atoms with Gasteiger partial charge in [0.25, 0.3) is 0 Å². The number of rotatable bonds is 6. The second-order valence-corrected chi connectivity index (χ2v) is 7.37. The first-order valence-corrected chi connectivity index (χ1v) is 9.89. The minimum Gasteiger partial charge on any atom is -0.508 e. The summed E-state index contributed by atoms with van der Waals surface area (Å²) in [5.41, 5.74) is -1.76. The third-order valence-electron chi connectivity index (χ3n) is 5.38. The van der Waals surface area contributed by atoms with Crippen LogP contribution in [-0.2, 0) is 27.2 Å². The van der Waals surface area contributed by atoms with Crippen LogP contribution in [0, 0.1) is 5.82 Å². The fraction of sp³-hybridized carbons (Fsp3) is 0.391. The standard InChI is InChI=1S/C12H14O4.C11H13FO3/c1-3-12(11(14)15-2)7-8-6-9(13)4-5-10(8)16-12;1-2-11(15,10(13)14)7-8-5-3-4-6-9(8)12/h4-6,13H,3,7H2,1-2H3;3-6,15H,2,7H2,1H3,(H,13,14)/t12-;11-/m01/s1. The molecule has 2 atom stereocenters. The summed E-state index contributed by atoms with van der Waals surface area (Å²) in [4.78, 5) is 22.5. The largest absolute Gasteiger partial charge is 0.508 e. The van der Waals surface area contributed by atoms with Crippen LogP contribution in [-0.4, -0.2) is 45.6 Å². The number of carbonyl (C=O) groups is 2. The highest BCUT2D eigenvalue weighted by Crippen LogP contribution is 2.39. The van der Waals surface area contributed by atoms with E-state index in [2.05, 4.69) is 0 Å². The molecule has 1 aliphatic heterocycles. The molecule has 8 heteroatoms. The average molecular weight is 434 g/mol. The van der Waals surface area contributed by atoms with E-state index in [1.165, 1.54) is 25.3 Å². The molecule has 31 heavy (non-hydrogen) atoms. The number of methoxy groups -OCH3 is 1. The first kappa shape index (κ1) is 24.1. The Morgan fingerprint density at radius 3 is 2.45 bits per heavy atom.